The zero-order valence-corrected chi connectivity index (χ0v) is 9.09. The molecule has 0 heterocycles. The molecule has 0 fully saturated rings. The van der Waals surface area contributed by atoms with E-state index in [1.807, 2.05) is 33.8 Å². The Morgan fingerprint density at radius 2 is 1.86 bits per heavy atom. The minimum Gasteiger partial charge on any atom is -0.507 e. The molecule has 1 N–H and O–H groups in total. The Labute approximate surface area is 84.6 Å². The number of aldehydes is 1. The molecule has 0 aliphatic heterocycles. The van der Waals surface area contributed by atoms with E-state index >= 15 is 0 Å². The SMILES string of the molecule is Cc1cc(O)c(C=O)c(C(C)(C)C)c1. The van der Waals surface area contributed by atoms with Crippen molar-refractivity contribution in [1.29, 1.82) is 0 Å². The van der Waals surface area contributed by atoms with E-state index < -0.39 is 0 Å². The van der Waals surface area contributed by atoms with Gasteiger partial charge in [0, 0.05) is 0 Å². The molecule has 1 aromatic carbocycles. The summed E-state index contributed by atoms with van der Waals surface area (Å²) in [6, 6.07) is 3.56. The van der Waals surface area contributed by atoms with E-state index in [0.29, 0.717) is 5.56 Å². The van der Waals surface area contributed by atoms with Crippen molar-refractivity contribution in [2.24, 2.45) is 0 Å². The predicted molar refractivity (Wildman–Crippen MR) is 56.9 cm³/mol. The van der Waals surface area contributed by atoms with Crippen LogP contribution < -0.4 is 0 Å². The first-order chi connectivity index (χ1) is 6.36. The highest BCUT2D eigenvalue weighted by Gasteiger charge is 2.20. The molecule has 0 unspecified atom stereocenters. The molecule has 1 rings (SSSR count). The second-order valence-corrected chi connectivity index (χ2v) is 4.61. The van der Waals surface area contributed by atoms with Gasteiger partial charge in [0.15, 0.2) is 6.29 Å². The number of rotatable bonds is 1. The highest BCUT2D eigenvalue weighted by atomic mass is 16.3. The molecule has 0 saturated carbocycles. The Morgan fingerprint density at radius 1 is 1.29 bits per heavy atom. The van der Waals surface area contributed by atoms with Crippen molar-refractivity contribution in [2.45, 2.75) is 33.1 Å². The number of phenols is 1. The number of carbonyl (C=O) groups excluding carboxylic acids is 1. The fraction of sp³-hybridized carbons (Fsp3) is 0.417. The third-order valence-electron chi connectivity index (χ3n) is 2.23. The largest absolute Gasteiger partial charge is 0.507 e. The molecular formula is C12H16O2. The Kier molecular flexibility index (Phi) is 2.65. The highest BCUT2D eigenvalue weighted by molar-refractivity contribution is 5.82. The van der Waals surface area contributed by atoms with Crippen molar-refractivity contribution < 1.29 is 9.90 Å². The predicted octanol–water partition coefficient (Wildman–Crippen LogP) is 2.81. The fourth-order valence-corrected chi connectivity index (χ4v) is 1.52. The Morgan fingerprint density at radius 3 is 2.29 bits per heavy atom. The number of hydrogen-bond donors (Lipinski definition) is 1. The normalized spacial score (nSPS) is 11.4. The van der Waals surface area contributed by atoms with Crippen LogP contribution in [-0.4, -0.2) is 11.4 Å². The standard InChI is InChI=1S/C12H16O2/c1-8-5-10(12(2,3)4)9(7-13)11(14)6-8/h5-7,14H,1-4H3. The van der Waals surface area contributed by atoms with Gasteiger partial charge in [0.25, 0.3) is 0 Å². The quantitative estimate of drug-likeness (QED) is 0.695. The summed E-state index contributed by atoms with van der Waals surface area (Å²) in [6.07, 6.45) is 0.718. The van der Waals surface area contributed by atoms with E-state index in [1.165, 1.54) is 0 Å². The minimum absolute atomic E-state index is 0.0740. The van der Waals surface area contributed by atoms with Crippen molar-refractivity contribution in [3.8, 4) is 5.75 Å². The Balaban J connectivity index is 3.48. The van der Waals surface area contributed by atoms with Crippen LogP contribution in [0.15, 0.2) is 12.1 Å². The molecule has 1 aromatic rings. The first-order valence-corrected chi connectivity index (χ1v) is 4.65. The lowest BCUT2D eigenvalue weighted by atomic mass is 9.83. The maximum absolute atomic E-state index is 10.8. The second-order valence-electron chi connectivity index (χ2n) is 4.61. The molecule has 0 saturated heterocycles. The second kappa shape index (κ2) is 3.45. The summed E-state index contributed by atoms with van der Waals surface area (Å²) in [5, 5.41) is 9.60. The van der Waals surface area contributed by atoms with E-state index in [-0.39, 0.29) is 11.2 Å². The summed E-state index contributed by atoms with van der Waals surface area (Å²) < 4.78 is 0. The van der Waals surface area contributed by atoms with Gasteiger partial charge in [-0.15, -0.1) is 0 Å². The van der Waals surface area contributed by atoms with Crippen LogP contribution in [0.2, 0.25) is 0 Å². The van der Waals surface area contributed by atoms with Crippen molar-refractivity contribution in [3.63, 3.8) is 0 Å². The molecule has 0 amide bonds. The zero-order chi connectivity index (χ0) is 10.9. The summed E-state index contributed by atoms with van der Waals surface area (Å²) in [5.41, 5.74) is 2.14. The summed E-state index contributed by atoms with van der Waals surface area (Å²) in [7, 11) is 0. The van der Waals surface area contributed by atoms with Crippen molar-refractivity contribution >= 4 is 6.29 Å². The zero-order valence-electron chi connectivity index (χ0n) is 9.09. The fourth-order valence-electron chi connectivity index (χ4n) is 1.52. The lowest BCUT2D eigenvalue weighted by Crippen LogP contribution is -2.14. The number of aromatic hydroxyl groups is 1. The molecule has 0 bridgehead atoms. The molecular weight excluding hydrogens is 176 g/mol. The Bertz CT molecular complexity index is 359. The van der Waals surface area contributed by atoms with Gasteiger partial charge in [0.2, 0.25) is 0 Å². The van der Waals surface area contributed by atoms with Crippen LogP contribution in [0.3, 0.4) is 0 Å². The molecule has 14 heavy (non-hydrogen) atoms. The molecule has 0 aliphatic rings. The van der Waals surface area contributed by atoms with Gasteiger partial charge >= 0.3 is 0 Å². The topological polar surface area (TPSA) is 37.3 Å². The van der Waals surface area contributed by atoms with Gasteiger partial charge in [0.1, 0.15) is 5.75 Å². The van der Waals surface area contributed by atoms with Crippen LogP contribution in [0.1, 0.15) is 42.3 Å². The number of benzene rings is 1. The number of aryl methyl sites for hydroxylation is 1. The third-order valence-corrected chi connectivity index (χ3v) is 2.23. The van der Waals surface area contributed by atoms with Gasteiger partial charge in [-0.2, -0.15) is 0 Å². The van der Waals surface area contributed by atoms with Crippen LogP contribution >= 0.6 is 0 Å². The molecule has 2 nitrogen and oxygen atoms in total. The van der Waals surface area contributed by atoms with Gasteiger partial charge in [-0.1, -0.05) is 26.8 Å². The van der Waals surface area contributed by atoms with E-state index in [2.05, 4.69) is 0 Å². The van der Waals surface area contributed by atoms with E-state index in [9.17, 15) is 9.90 Å². The lowest BCUT2D eigenvalue weighted by molar-refractivity contribution is 0.111. The summed E-state index contributed by atoms with van der Waals surface area (Å²) in [4.78, 5) is 10.8. The van der Waals surface area contributed by atoms with Gasteiger partial charge in [-0.05, 0) is 29.5 Å². The lowest BCUT2D eigenvalue weighted by Gasteiger charge is -2.22. The molecule has 0 aromatic heterocycles. The summed E-state index contributed by atoms with van der Waals surface area (Å²) >= 11 is 0. The smallest absolute Gasteiger partial charge is 0.154 e. The molecule has 0 atom stereocenters. The van der Waals surface area contributed by atoms with Gasteiger partial charge in [0.05, 0.1) is 5.56 Å². The number of phenolic OH excluding ortho intramolecular Hbond substituents is 1. The van der Waals surface area contributed by atoms with Crippen LogP contribution in [0, 0.1) is 6.92 Å². The first-order valence-electron chi connectivity index (χ1n) is 4.65. The van der Waals surface area contributed by atoms with Crippen LogP contribution in [0.4, 0.5) is 0 Å². The molecule has 2 heteroatoms. The van der Waals surface area contributed by atoms with Crippen molar-refractivity contribution in [1.82, 2.24) is 0 Å². The molecule has 76 valence electrons. The third kappa shape index (κ3) is 1.95. The summed E-state index contributed by atoms with van der Waals surface area (Å²) in [5.74, 6) is 0.0740. The van der Waals surface area contributed by atoms with E-state index in [0.717, 1.165) is 17.4 Å². The van der Waals surface area contributed by atoms with Crippen LogP contribution in [-0.2, 0) is 5.41 Å². The Hall–Kier alpha value is -1.31. The van der Waals surface area contributed by atoms with Gasteiger partial charge in [-0.25, -0.2) is 0 Å². The van der Waals surface area contributed by atoms with Gasteiger partial charge < -0.3 is 5.11 Å². The summed E-state index contributed by atoms with van der Waals surface area (Å²) in [6.45, 7) is 7.97. The minimum atomic E-state index is -0.125. The number of carbonyl (C=O) groups is 1. The molecule has 0 spiro atoms. The average Bonchev–Trinajstić information content (AvgIpc) is 2.01. The monoisotopic (exact) mass is 192 g/mol. The first kappa shape index (κ1) is 10.8. The molecule has 0 aliphatic carbocycles. The maximum atomic E-state index is 10.8. The average molecular weight is 192 g/mol. The van der Waals surface area contributed by atoms with E-state index in [1.54, 1.807) is 6.07 Å². The van der Waals surface area contributed by atoms with Crippen LogP contribution in [0.25, 0.3) is 0 Å². The van der Waals surface area contributed by atoms with Gasteiger partial charge in [-0.3, -0.25) is 4.79 Å². The van der Waals surface area contributed by atoms with E-state index in [4.69, 9.17) is 0 Å². The maximum Gasteiger partial charge on any atom is 0.154 e. The van der Waals surface area contributed by atoms with Crippen LogP contribution in [0.5, 0.6) is 5.75 Å². The van der Waals surface area contributed by atoms with Crippen molar-refractivity contribution in [3.05, 3.63) is 28.8 Å². The number of hydrogen-bond acceptors (Lipinski definition) is 2. The van der Waals surface area contributed by atoms with Crippen molar-refractivity contribution in [2.75, 3.05) is 0 Å². The molecule has 0 radical (unpaired) electrons. The highest BCUT2D eigenvalue weighted by Crippen LogP contribution is 2.31.